The second-order valence-corrected chi connectivity index (χ2v) is 7.36. The van der Waals surface area contributed by atoms with Gasteiger partial charge in [-0.25, -0.2) is 9.67 Å². The molecule has 9 heteroatoms. The first-order valence-electron chi connectivity index (χ1n) is 10.3. The van der Waals surface area contributed by atoms with Crippen molar-refractivity contribution in [2.45, 2.75) is 13.8 Å². The van der Waals surface area contributed by atoms with Crippen molar-refractivity contribution in [3.05, 3.63) is 89.5 Å². The number of rotatable bonds is 5. The van der Waals surface area contributed by atoms with Crippen molar-refractivity contribution in [3.8, 4) is 17.1 Å². The zero-order valence-corrected chi connectivity index (χ0v) is 18.5. The molecule has 0 bridgehead atoms. The summed E-state index contributed by atoms with van der Waals surface area (Å²) in [4.78, 5) is 29.3. The Labute approximate surface area is 190 Å². The van der Waals surface area contributed by atoms with Gasteiger partial charge in [0.1, 0.15) is 0 Å². The van der Waals surface area contributed by atoms with Crippen LogP contribution in [-0.2, 0) is 11.8 Å². The van der Waals surface area contributed by atoms with E-state index in [9.17, 15) is 9.59 Å². The molecular weight excluding hydrogens is 418 g/mol. The van der Waals surface area contributed by atoms with E-state index in [-0.39, 0.29) is 5.82 Å². The predicted molar refractivity (Wildman–Crippen MR) is 124 cm³/mol. The Bertz CT molecular complexity index is 1260. The highest BCUT2D eigenvalue weighted by molar-refractivity contribution is 5.96. The number of aromatic nitrogens is 5. The number of benzene rings is 2. The van der Waals surface area contributed by atoms with Crippen molar-refractivity contribution in [1.82, 2.24) is 35.4 Å². The first-order valence-corrected chi connectivity index (χ1v) is 10.3. The number of carbonyl (C=O) groups is 2. The fraction of sp³-hybridized carbons (Fsp3) is 0.125. The van der Waals surface area contributed by atoms with Crippen molar-refractivity contribution in [2.75, 3.05) is 0 Å². The van der Waals surface area contributed by atoms with Crippen LogP contribution in [0.1, 0.15) is 27.6 Å². The molecule has 33 heavy (non-hydrogen) atoms. The van der Waals surface area contributed by atoms with Crippen LogP contribution in [-0.4, -0.2) is 36.4 Å². The molecule has 166 valence electrons. The lowest BCUT2D eigenvalue weighted by atomic mass is 10.2. The van der Waals surface area contributed by atoms with Gasteiger partial charge in [-0.2, -0.15) is 5.10 Å². The van der Waals surface area contributed by atoms with Crippen LogP contribution in [0.3, 0.4) is 0 Å². The number of carbonyl (C=O) groups excluding carboxylic acids is 2. The summed E-state index contributed by atoms with van der Waals surface area (Å²) in [6.07, 6.45) is 3.00. The van der Waals surface area contributed by atoms with E-state index in [1.807, 2.05) is 81.6 Å². The van der Waals surface area contributed by atoms with Gasteiger partial charge in [0.15, 0.2) is 5.82 Å². The van der Waals surface area contributed by atoms with Crippen LogP contribution in [0.2, 0.25) is 0 Å². The lowest BCUT2D eigenvalue weighted by molar-refractivity contribution is -0.117. The number of nitrogens with one attached hydrogen (secondary N) is 2. The third-order valence-electron chi connectivity index (χ3n) is 5.11. The van der Waals surface area contributed by atoms with Gasteiger partial charge in [-0.15, -0.1) is 5.10 Å². The highest BCUT2D eigenvalue weighted by Crippen LogP contribution is 2.21. The summed E-state index contributed by atoms with van der Waals surface area (Å²) >= 11 is 0. The van der Waals surface area contributed by atoms with Crippen LogP contribution >= 0.6 is 0 Å². The second kappa shape index (κ2) is 9.31. The van der Waals surface area contributed by atoms with Gasteiger partial charge < -0.3 is 0 Å². The average molecular weight is 441 g/mol. The molecule has 2 amide bonds. The molecule has 2 heterocycles. The molecule has 2 aromatic heterocycles. The summed E-state index contributed by atoms with van der Waals surface area (Å²) in [6, 6.07) is 18.9. The first kappa shape index (κ1) is 21.7. The first-order chi connectivity index (χ1) is 15.9. The maximum absolute atomic E-state index is 12.7. The lowest BCUT2D eigenvalue weighted by Gasteiger charge is -2.05. The molecule has 0 fully saturated rings. The number of aryl methyl sites for hydroxylation is 2. The molecule has 0 aliphatic carbocycles. The Hall–Kier alpha value is -4.53. The van der Waals surface area contributed by atoms with Crippen molar-refractivity contribution < 1.29 is 9.59 Å². The number of nitrogens with zero attached hydrogens (tertiary/aromatic N) is 5. The van der Waals surface area contributed by atoms with Crippen molar-refractivity contribution >= 4 is 17.9 Å². The summed E-state index contributed by atoms with van der Waals surface area (Å²) in [6.45, 7) is 3.78. The normalized spacial score (nSPS) is 11.0. The number of para-hydroxylation sites is 1. The van der Waals surface area contributed by atoms with Crippen molar-refractivity contribution in [1.29, 1.82) is 0 Å². The maximum atomic E-state index is 12.7. The molecule has 0 saturated heterocycles. The Kier molecular flexibility index (Phi) is 6.12. The summed E-state index contributed by atoms with van der Waals surface area (Å²) in [5.74, 6) is -0.671. The molecule has 0 saturated carbocycles. The molecule has 0 aliphatic heterocycles. The Morgan fingerprint density at radius 1 is 0.909 bits per heavy atom. The highest BCUT2D eigenvalue weighted by Gasteiger charge is 2.19. The predicted octanol–water partition coefficient (Wildman–Crippen LogP) is 2.76. The fourth-order valence-corrected chi connectivity index (χ4v) is 3.34. The topological polar surface area (TPSA) is 107 Å². The van der Waals surface area contributed by atoms with E-state index in [1.54, 1.807) is 15.4 Å². The Morgan fingerprint density at radius 3 is 2.21 bits per heavy atom. The van der Waals surface area contributed by atoms with E-state index >= 15 is 0 Å². The Balaban J connectivity index is 1.51. The highest BCUT2D eigenvalue weighted by atomic mass is 16.2. The molecule has 0 atom stereocenters. The van der Waals surface area contributed by atoms with Gasteiger partial charge in [0.2, 0.25) is 5.82 Å². The van der Waals surface area contributed by atoms with Gasteiger partial charge in [0.05, 0.1) is 11.4 Å². The number of hydrogen-bond donors (Lipinski definition) is 2. The standard InChI is InChI=1S/C24H23N7O2/c1-16-20(17(2)30(3)28-16)14-15-21(32)26-27-24(33)22-25-23(18-10-6-4-7-11-18)31(29-22)19-12-8-5-9-13-19/h4-15H,1-3H3,(H,26,32)(H,27,33)/b15-14+. The summed E-state index contributed by atoms with van der Waals surface area (Å²) in [5.41, 5.74) is 8.90. The monoisotopic (exact) mass is 441 g/mol. The molecule has 4 aromatic rings. The van der Waals surface area contributed by atoms with E-state index in [0.29, 0.717) is 5.82 Å². The largest absolute Gasteiger partial charge is 0.309 e. The molecule has 2 aromatic carbocycles. The van der Waals surface area contributed by atoms with Crippen LogP contribution in [0.25, 0.3) is 23.2 Å². The second-order valence-electron chi connectivity index (χ2n) is 7.36. The minimum atomic E-state index is -0.627. The quantitative estimate of drug-likeness (QED) is 0.366. The molecule has 4 rings (SSSR count). The average Bonchev–Trinajstić information content (AvgIpc) is 3.38. The van der Waals surface area contributed by atoms with Gasteiger partial charge in [-0.05, 0) is 32.1 Å². The van der Waals surface area contributed by atoms with Crippen LogP contribution in [0, 0.1) is 13.8 Å². The summed E-state index contributed by atoms with van der Waals surface area (Å²) in [5, 5.41) is 8.68. The zero-order chi connectivity index (χ0) is 23.4. The summed E-state index contributed by atoms with van der Waals surface area (Å²) in [7, 11) is 1.84. The molecule has 0 aliphatic rings. The molecule has 2 N–H and O–H groups in total. The minimum absolute atomic E-state index is 0.0686. The third kappa shape index (κ3) is 4.72. The third-order valence-corrected chi connectivity index (χ3v) is 5.11. The molecule has 0 spiro atoms. The van der Waals surface area contributed by atoms with Crippen LogP contribution < -0.4 is 10.9 Å². The number of hydrogen-bond acceptors (Lipinski definition) is 5. The van der Waals surface area contributed by atoms with E-state index < -0.39 is 11.8 Å². The van der Waals surface area contributed by atoms with E-state index in [4.69, 9.17) is 0 Å². The molecule has 9 nitrogen and oxygen atoms in total. The smallest absolute Gasteiger partial charge is 0.272 e. The van der Waals surface area contributed by atoms with Gasteiger partial charge in [0.25, 0.3) is 5.91 Å². The maximum Gasteiger partial charge on any atom is 0.309 e. The molecule has 0 unspecified atom stereocenters. The van der Waals surface area contributed by atoms with Gasteiger partial charge in [-0.1, -0.05) is 48.5 Å². The van der Waals surface area contributed by atoms with E-state index in [1.165, 1.54) is 6.08 Å². The van der Waals surface area contributed by atoms with Crippen LogP contribution in [0.5, 0.6) is 0 Å². The zero-order valence-electron chi connectivity index (χ0n) is 18.5. The lowest BCUT2D eigenvalue weighted by Crippen LogP contribution is -2.41. The van der Waals surface area contributed by atoms with E-state index in [2.05, 4.69) is 26.0 Å². The SMILES string of the molecule is Cc1nn(C)c(C)c1/C=C/C(=O)NNC(=O)c1nc(-c2ccccc2)n(-c2ccccc2)n1. The van der Waals surface area contributed by atoms with Gasteiger partial charge in [-0.3, -0.25) is 25.1 Å². The van der Waals surface area contributed by atoms with Crippen LogP contribution in [0.15, 0.2) is 66.7 Å². The summed E-state index contributed by atoms with van der Waals surface area (Å²) < 4.78 is 3.34. The van der Waals surface area contributed by atoms with Crippen molar-refractivity contribution in [2.24, 2.45) is 7.05 Å². The van der Waals surface area contributed by atoms with Crippen LogP contribution in [0.4, 0.5) is 0 Å². The number of hydrazine groups is 1. The number of amides is 2. The van der Waals surface area contributed by atoms with Gasteiger partial charge in [0, 0.05) is 29.9 Å². The Morgan fingerprint density at radius 2 is 1.58 bits per heavy atom. The molecule has 0 radical (unpaired) electrons. The van der Waals surface area contributed by atoms with Crippen molar-refractivity contribution in [3.63, 3.8) is 0 Å². The van der Waals surface area contributed by atoms with E-state index in [0.717, 1.165) is 28.2 Å². The minimum Gasteiger partial charge on any atom is -0.272 e. The van der Waals surface area contributed by atoms with Gasteiger partial charge >= 0.3 is 5.91 Å². The molecular formula is C24H23N7O2. The fourth-order valence-electron chi connectivity index (χ4n) is 3.34.